The number of hydrazone groups is 1. The van der Waals surface area contributed by atoms with Crippen molar-refractivity contribution in [2.45, 2.75) is 0 Å². The lowest BCUT2D eigenvalue weighted by molar-refractivity contribution is -0.459. The summed E-state index contributed by atoms with van der Waals surface area (Å²) in [6.45, 7) is 0. The van der Waals surface area contributed by atoms with Gasteiger partial charge in [0.05, 0.1) is 10.0 Å². The first-order valence-corrected chi connectivity index (χ1v) is 6.90. The van der Waals surface area contributed by atoms with E-state index in [1.54, 1.807) is 6.26 Å². The molecule has 0 fully saturated rings. The van der Waals surface area contributed by atoms with Crippen molar-refractivity contribution in [2.75, 3.05) is 6.26 Å². The molecule has 0 saturated heterocycles. The highest BCUT2D eigenvalue weighted by Gasteiger charge is 2.13. The van der Waals surface area contributed by atoms with Gasteiger partial charge in [-0.05, 0) is 30.2 Å². The molecule has 0 aliphatic carbocycles. The fourth-order valence-electron chi connectivity index (χ4n) is 1.03. The van der Waals surface area contributed by atoms with Crippen LogP contribution in [0.25, 0.3) is 0 Å². The number of halogens is 3. The van der Waals surface area contributed by atoms with Crippen LogP contribution < -0.4 is 10.8 Å². The van der Waals surface area contributed by atoms with Gasteiger partial charge in [0, 0.05) is 10.6 Å². The molecule has 0 heterocycles. The Morgan fingerprint density at radius 2 is 2.11 bits per heavy atom. The summed E-state index contributed by atoms with van der Waals surface area (Å²) in [6, 6.07) is 4.90. The number of nitrogens with two attached hydrogens (primary N) is 1. The summed E-state index contributed by atoms with van der Waals surface area (Å²) in [5, 5.41) is 16.6. The standard InChI is InChI=1S/C10H7Cl3N4S/c1-18-10(15)17-16-8(4-14)6-2-5(11)3-7(12)9(6)13/h2-3H,1H3,(H2,15,17)/p+1. The third-order valence-corrected chi connectivity index (χ3v) is 3.40. The number of hydrogen-bond donors (Lipinski definition) is 2. The maximum Gasteiger partial charge on any atom is 0.326 e. The zero-order chi connectivity index (χ0) is 13.7. The first-order valence-electron chi connectivity index (χ1n) is 4.54. The molecule has 94 valence electrons. The van der Waals surface area contributed by atoms with Crippen molar-refractivity contribution in [2.24, 2.45) is 10.8 Å². The molecule has 4 nitrogen and oxygen atoms in total. The Morgan fingerprint density at radius 3 is 2.67 bits per heavy atom. The Bertz CT molecular complexity index is 563. The van der Waals surface area contributed by atoms with Crippen LogP contribution in [0.3, 0.4) is 0 Å². The summed E-state index contributed by atoms with van der Waals surface area (Å²) in [4.78, 5) is 0. The fourth-order valence-corrected chi connectivity index (χ4v) is 1.86. The van der Waals surface area contributed by atoms with Gasteiger partial charge in [0.2, 0.25) is 0 Å². The number of amidine groups is 1. The molecule has 18 heavy (non-hydrogen) atoms. The van der Waals surface area contributed by atoms with Crippen LogP contribution in [0.15, 0.2) is 17.2 Å². The fraction of sp³-hybridized carbons (Fsp3) is 0.100. The average molecular weight is 323 g/mol. The molecule has 0 atom stereocenters. The van der Waals surface area contributed by atoms with Crippen LogP contribution in [0.2, 0.25) is 15.1 Å². The minimum absolute atomic E-state index is 0.0430. The number of benzene rings is 1. The van der Waals surface area contributed by atoms with E-state index in [2.05, 4.69) is 10.2 Å². The smallest absolute Gasteiger partial charge is 0.280 e. The second kappa shape index (κ2) is 6.86. The van der Waals surface area contributed by atoms with Crippen molar-refractivity contribution in [3.8, 4) is 6.07 Å². The Kier molecular flexibility index (Phi) is 5.76. The maximum atomic E-state index is 9.05. The van der Waals surface area contributed by atoms with Gasteiger partial charge in [-0.2, -0.15) is 5.26 Å². The summed E-state index contributed by atoms with van der Waals surface area (Å²) in [6.07, 6.45) is 1.77. The molecule has 1 aromatic rings. The van der Waals surface area contributed by atoms with Crippen LogP contribution in [0.4, 0.5) is 0 Å². The third-order valence-electron chi connectivity index (χ3n) is 1.85. The lowest BCUT2D eigenvalue weighted by Crippen LogP contribution is -2.68. The molecule has 0 aromatic heterocycles. The highest BCUT2D eigenvalue weighted by atomic mass is 35.5. The lowest BCUT2D eigenvalue weighted by atomic mass is 10.1. The summed E-state index contributed by atoms with van der Waals surface area (Å²) in [5.41, 5.74) is 5.91. The summed E-state index contributed by atoms with van der Waals surface area (Å²) in [5.74, 6) is 0. The summed E-state index contributed by atoms with van der Waals surface area (Å²) < 4.78 is 0. The topological polar surface area (TPSA) is 76.1 Å². The van der Waals surface area contributed by atoms with E-state index in [1.165, 1.54) is 23.9 Å². The van der Waals surface area contributed by atoms with Crippen molar-refractivity contribution in [1.29, 1.82) is 5.26 Å². The van der Waals surface area contributed by atoms with E-state index < -0.39 is 0 Å². The molecule has 0 spiro atoms. The van der Waals surface area contributed by atoms with Crippen molar-refractivity contribution in [3.05, 3.63) is 32.8 Å². The van der Waals surface area contributed by atoms with Gasteiger partial charge >= 0.3 is 5.17 Å². The van der Waals surface area contributed by atoms with Crippen molar-refractivity contribution < 1.29 is 5.10 Å². The minimum atomic E-state index is 0.0430. The van der Waals surface area contributed by atoms with Crippen molar-refractivity contribution >= 4 is 57.4 Å². The van der Waals surface area contributed by atoms with Crippen LogP contribution in [0, 0.1) is 11.3 Å². The Labute approximate surface area is 123 Å². The number of rotatable bonds is 2. The molecule has 8 heteroatoms. The van der Waals surface area contributed by atoms with E-state index in [0.717, 1.165) is 0 Å². The van der Waals surface area contributed by atoms with Gasteiger partial charge in [0.25, 0.3) is 0 Å². The predicted molar refractivity (Wildman–Crippen MR) is 77.3 cm³/mol. The molecule has 0 bridgehead atoms. The van der Waals surface area contributed by atoms with Gasteiger partial charge in [-0.25, -0.2) is 0 Å². The monoisotopic (exact) mass is 321 g/mol. The van der Waals surface area contributed by atoms with Gasteiger partial charge in [0.1, 0.15) is 6.07 Å². The lowest BCUT2D eigenvalue weighted by Gasteiger charge is -2.03. The number of nitriles is 1. The molecule has 1 rings (SSSR count). The molecular weight excluding hydrogens is 315 g/mol. The van der Waals surface area contributed by atoms with E-state index >= 15 is 0 Å². The molecule has 0 saturated carbocycles. The Hall–Kier alpha value is -0.930. The SMILES string of the molecule is CSC(N)=[NH+]N=C(C#N)c1cc(Cl)cc(Cl)c1Cl. The van der Waals surface area contributed by atoms with Gasteiger partial charge in [-0.1, -0.05) is 39.9 Å². The zero-order valence-electron chi connectivity index (χ0n) is 9.17. The van der Waals surface area contributed by atoms with Gasteiger partial charge in [0.15, 0.2) is 5.71 Å². The number of nitrogens with zero attached hydrogens (tertiary/aromatic N) is 2. The van der Waals surface area contributed by atoms with Crippen LogP contribution in [-0.2, 0) is 0 Å². The molecule has 3 N–H and O–H groups in total. The average Bonchev–Trinajstić information content (AvgIpc) is 2.35. The molecule has 0 amide bonds. The van der Waals surface area contributed by atoms with E-state index in [9.17, 15) is 0 Å². The van der Waals surface area contributed by atoms with Crippen LogP contribution in [-0.4, -0.2) is 17.1 Å². The van der Waals surface area contributed by atoms with Gasteiger partial charge < -0.3 is 0 Å². The number of nitrogens with one attached hydrogen (secondary N) is 1. The summed E-state index contributed by atoms with van der Waals surface area (Å²) in [7, 11) is 0. The van der Waals surface area contributed by atoms with E-state index in [0.29, 0.717) is 15.8 Å². The predicted octanol–water partition coefficient (Wildman–Crippen LogP) is 1.63. The molecular formula is C10H8Cl3N4S+. The van der Waals surface area contributed by atoms with Crippen LogP contribution in [0.5, 0.6) is 0 Å². The van der Waals surface area contributed by atoms with Gasteiger partial charge in [-0.3, -0.25) is 5.73 Å². The maximum absolute atomic E-state index is 9.05. The van der Waals surface area contributed by atoms with Crippen molar-refractivity contribution in [3.63, 3.8) is 0 Å². The van der Waals surface area contributed by atoms with Crippen LogP contribution in [0.1, 0.15) is 5.56 Å². The number of hydrogen-bond acceptors (Lipinski definition) is 3. The quantitative estimate of drug-likeness (QED) is 0.376. The van der Waals surface area contributed by atoms with Gasteiger partial charge in [-0.15, -0.1) is 5.10 Å². The van der Waals surface area contributed by atoms with E-state index in [4.69, 9.17) is 45.8 Å². The first-order chi connectivity index (χ1) is 8.49. The van der Waals surface area contributed by atoms with E-state index in [1.807, 2.05) is 6.07 Å². The molecule has 1 aromatic carbocycles. The summed E-state index contributed by atoms with van der Waals surface area (Å²) >= 11 is 19.0. The van der Waals surface area contributed by atoms with Crippen molar-refractivity contribution in [1.82, 2.24) is 0 Å². The largest absolute Gasteiger partial charge is 0.326 e. The highest BCUT2D eigenvalue weighted by Crippen LogP contribution is 2.29. The Morgan fingerprint density at radius 1 is 1.44 bits per heavy atom. The molecule has 0 aliphatic heterocycles. The normalized spacial score (nSPS) is 12.4. The zero-order valence-corrected chi connectivity index (χ0v) is 12.3. The molecule has 0 aliphatic rings. The first kappa shape index (κ1) is 15.1. The minimum Gasteiger partial charge on any atom is -0.280 e. The number of thioether (sulfide) groups is 1. The second-order valence-electron chi connectivity index (χ2n) is 3.00. The Balaban J connectivity index is 3.31. The second-order valence-corrected chi connectivity index (χ2v) is 5.07. The molecule has 0 unspecified atom stereocenters. The molecule has 0 radical (unpaired) electrons. The van der Waals surface area contributed by atoms with Crippen LogP contribution >= 0.6 is 46.6 Å². The third kappa shape index (κ3) is 3.79. The van der Waals surface area contributed by atoms with E-state index in [-0.39, 0.29) is 15.8 Å². The highest BCUT2D eigenvalue weighted by molar-refractivity contribution is 8.12.